The van der Waals surface area contributed by atoms with Crippen molar-refractivity contribution >= 4 is 27.3 Å². The van der Waals surface area contributed by atoms with Gasteiger partial charge in [0.15, 0.2) is 0 Å². The van der Waals surface area contributed by atoms with Gasteiger partial charge in [0.05, 0.1) is 27.6 Å². The quantitative estimate of drug-likeness (QED) is 0.494. The third-order valence-corrected chi connectivity index (χ3v) is 6.71. The third-order valence-electron chi connectivity index (χ3n) is 5.18. The molecule has 0 aliphatic carbocycles. The molecule has 2 aromatic carbocycles. The van der Waals surface area contributed by atoms with Crippen LogP contribution >= 0.6 is 0 Å². The van der Waals surface area contributed by atoms with E-state index >= 15 is 0 Å². The highest BCUT2D eigenvalue weighted by atomic mass is 32.2. The van der Waals surface area contributed by atoms with Crippen molar-refractivity contribution in [1.82, 2.24) is 9.62 Å². The van der Waals surface area contributed by atoms with E-state index in [1.54, 1.807) is 13.0 Å². The maximum absolute atomic E-state index is 13.0. The highest BCUT2D eigenvalue weighted by molar-refractivity contribution is 7.89. The minimum absolute atomic E-state index is 0.00281. The number of carbonyl (C=O) groups is 1. The zero-order chi connectivity index (χ0) is 22.6. The minimum Gasteiger partial charge on any atom is -0.324 e. The van der Waals surface area contributed by atoms with Gasteiger partial charge in [0.1, 0.15) is 5.82 Å². The number of anilines is 1. The molecule has 0 spiro atoms. The number of carbonyl (C=O) groups excluding carboxylic acids is 1. The summed E-state index contributed by atoms with van der Waals surface area (Å²) in [4.78, 5) is 24.8. The van der Waals surface area contributed by atoms with Crippen LogP contribution in [0.15, 0.2) is 47.4 Å². The van der Waals surface area contributed by atoms with Gasteiger partial charge in [-0.1, -0.05) is 6.07 Å². The molecule has 0 unspecified atom stereocenters. The first-order valence-corrected chi connectivity index (χ1v) is 11.2. The van der Waals surface area contributed by atoms with Crippen LogP contribution in [-0.4, -0.2) is 49.8 Å². The number of likely N-dealkylation sites (tertiary alicyclic amines) is 1. The highest BCUT2D eigenvalue weighted by Gasteiger charge is 2.26. The number of hydrogen-bond donors (Lipinski definition) is 2. The number of benzene rings is 2. The molecule has 11 heteroatoms. The molecule has 166 valence electrons. The Morgan fingerprint density at radius 2 is 1.84 bits per heavy atom. The van der Waals surface area contributed by atoms with E-state index in [9.17, 15) is 27.7 Å². The molecule has 9 nitrogen and oxygen atoms in total. The lowest BCUT2D eigenvalue weighted by molar-refractivity contribution is -0.385. The van der Waals surface area contributed by atoms with Gasteiger partial charge in [0, 0.05) is 25.2 Å². The van der Waals surface area contributed by atoms with Crippen molar-refractivity contribution in [2.24, 2.45) is 0 Å². The number of nitro benzene ring substituents is 1. The van der Waals surface area contributed by atoms with Crippen LogP contribution in [0.5, 0.6) is 0 Å². The number of amides is 1. The summed E-state index contributed by atoms with van der Waals surface area (Å²) in [6.07, 6.45) is 1.03. The summed E-state index contributed by atoms with van der Waals surface area (Å²) in [5.41, 5.74) is 0.711. The Morgan fingerprint density at radius 1 is 1.19 bits per heavy atom. The summed E-state index contributed by atoms with van der Waals surface area (Å²) in [6.45, 7) is 2.70. The third kappa shape index (κ3) is 5.84. The van der Waals surface area contributed by atoms with Gasteiger partial charge >= 0.3 is 0 Å². The van der Waals surface area contributed by atoms with Crippen molar-refractivity contribution < 1.29 is 22.5 Å². The van der Waals surface area contributed by atoms with Crippen LogP contribution in [0.2, 0.25) is 0 Å². The fourth-order valence-electron chi connectivity index (χ4n) is 3.46. The molecule has 1 amide bonds. The SMILES string of the molecule is Cc1c(NC(=O)CN2CCC(NS(=O)(=O)c3ccc(F)cc3)CC2)cccc1[N+](=O)[O-]. The first-order valence-electron chi connectivity index (χ1n) is 9.70. The average Bonchev–Trinajstić information content (AvgIpc) is 2.71. The average molecular weight is 450 g/mol. The summed E-state index contributed by atoms with van der Waals surface area (Å²) in [5.74, 6) is -0.806. The van der Waals surface area contributed by atoms with Crippen LogP contribution in [0.3, 0.4) is 0 Å². The number of nitrogens with one attached hydrogen (secondary N) is 2. The predicted octanol–water partition coefficient (Wildman–Crippen LogP) is 2.42. The fraction of sp³-hybridized carbons (Fsp3) is 0.350. The van der Waals surface area contributed by atoms with Gasteiger partial charge in [0.25, 0.3) is 5.69 Å². The van der Waals surface area contributed by atoms with Crippen molar-refractivity contribution in [2.45, 2.75) is 30.7 Å². The monoisotopic (exact) mass is 450 g/mol. The van der Waals surface area contributed by atoms with Crippen LogP contribution in [0.1, 0.15) is 18.4 Å². The van der Waals surface area contributed by atoms with E-state index in [0.29, 0.717) is 37.2 Å². The predicted molar refractivity (Wildman–Crippen MR) is 113 cm³/mol. The van der Waals surface area contributed by atoms with Crippen LogP contribution < -0.4 is 10.0 Å². The number of nitro groups is 1. The van der Waals surface area contributed by atoms with Gasteiger partial charge in [-0.05, 0) is 50.1 Å². The first-order chi connectivity index (χ1) is 14.7. The highest BCUT2D eigenvalue weighted by Crippen LogP contribution is 2.25. The van der Waals surface area contributed by atoms with Crippen molar-refractivity contribution in [2.75, 3.05) is 25.0 Å². The molecule has 1 aliphatic heterocycles. The fourth-order valence-corrected chi connectivity index (χ4v) is 4.76. The van der Waals surface area contributed by atoms with Gasteiger partial charge < -0.3 is 5.32 Å². The summed E-state index contributed by atoms with van der Waals surface area (Å²) < 4.78 is 40.5. The molecular formula is C20H23FN4O5S. The Bertz CT molecular complexity index is 1070. The van der Waals surface area contributed by atoms with Gasteiger partial charge in [-0.15, -0.1) is 0 Å². The molecule has 3 rings (SSSR count). The van der Waals surface area contributed by atoms with E-state index < -0.39 is 20.8 Å². The molecule has 1 fully saturated rings. The number of sulfonamides is 1. The lowest BCUT2D eigenvalue weighted by Gasteiger charge is -2.31. The standard InChI is InChI=1S/C20H23FN4O5S/c1-14-18(3-2-4-19(14)25(27)28)22-20(26)13-24-11-9-16(10-12-24)23-31(29,30)17-7-5-15(21)6-8-17/h2-8,16,23H,9-13H2,1H3,(H,22,26). The van der Waals surface area contributed by atoms with Crippen molar-refractivity contribution in [3.63, 3.8) is 0 Å². The Hall–Kier alpha value is -2.89. The molecule has 0 atom stereocenters. The van der Waals surface area contributed by atoms with Gasteiger partial charge in [0.2, 0.25) is 15.9 Å². The van der Waals surface area contributed by atoms with Crippen LogP contribution in [0.4, 0.5) is 15.8 Å². The molecule has 1 saturated heterocycles. The number of halogens is 1. The second-order valence-electron chi connectivity index (χ2n) is 7.38. The zero-order valence-corrected chi connectivity index (χ0v) is 17.7. The van der Waals surface area contributed by atoms with Crippen LogP contribution in [0, 0.1) is 22.9 Å². The topological polar surface area (TPSA) is 122 Å². The molecule has 31 heavy (non-hydrogen) atoms. The van der Waals surface area contributed by atoms with E-state index in [1.807, 2.05) is 4.90 Å². The van der Waals surface area contributed by atoms with E-state index in [4.69, 9.17) is 0 Å². The van der Waals surface area contributed by atoms with Gasteiger partial charge in [-0.2, -0.15) is 0 Å². The second kappa shape index (κ2) is 9.50. The van der Waals surface area contributed by atoms with Crippen LogP contribution in [0.25, 0.3) is 0 Å². The Kier molecular flexibility index (Phi) is 6.98. The molecule has 0 saturated carbocycles. The summed E-state index contributed by atoms with van der Waals surface area (Å²) in [5, 5.41) is 13.7. The lowest BCUT2D eigenvalue weighted by Crippen LogP contribution is -2.46. The van der Waals surface area contributed by atoms with Crippen LogP contribution in [-0.2, 0) is 14.8 Å². The maximum atomic E-state index is 13.0. The van der Waals surface area contributed by atoms with Crippen molar-refractivity contribution in [3.05, 3.63) is 64.0 Å². The van der Waals surface area contributed by atoms with E-state index in [-0.39, 0.29) is 29.1 Å². The summed E-state index contributed by atoms with van der Waals surface area (Å²) >= 11 is 0. The van der Waals surface area contributed by atoms with Gasteiger partial charge in [-0.25, -0.2) is 17.5 Å². The molecule has 1 aliphatic rings. The van der Waals surface area contributed by atoms with Crippen molar-refractivity contribution in [3.8, 4) is 0 Å². The first kappa shape index (κ1) is 22.8. The summed E-state index contributed by atoms with van der Waals surface area (Å²) in [6, 6.07) is 8.84. The maximum Gasteiger partial charge on any atom is 0.274 e. The minimum atomic E-state index is -3.74. The largest absolute Gasteiger partial charge is 0.324 e. The molecule has 0 aromatic heterocycles. The molecule has 2 N–H and O–H groups in total. The molecule has 2 aromatic rings. The summed E-state index contributed by atoms with van der Waals surface area (Å²) in [7, 11) is -3.74. The van der Waals surface area contributed by atoms with E-state index in [1.165, 1.54) is 24.3 Å². The lowest BCUT2D eigenvalue weighted by atomic mass is 10.1. The Balaban J connectivity index is 1.51. The molecule has 0 radical (unpaired) electrons. The van der Waals surface area contributed by atoms with E-state index in [0.717, 1.165) is 12.1 Å². The number of nitrogens with zero attached hydrogens (tertiary/aromatic N) is 2. The number of rotatable bonds is 7. The smallest absolute Gasteiger partial charge is 0.274 e. The normalized spacial score (nSPS) is 15.5. The van der Waals surface area contributed by atoms with Crippen molar-refractivity contribution in [1.29, 1.82) is 0 Å². The molecular weight excluding hydrogens is 427 g/mol. The molecule has 0 bridgehead atoms. The zero-order valence-electron chi connectivity index (χ0n) is 16.9. The molecule has 1 heterocycles. The number of piperidine rings is 1. The van der Waals surface area contributed by atoms with Gasteiger partial charge in [-0.3, -0.25) is 19.8 Å². The van der Waals surface area contributed by atoms with E-state index in [2.05, 4.69) is 10.0 Å². The Morgan fingerprint density at radius 3 is 2.45 bits per heavy atom. The number of hydrogen-bond acceptors (Lipinski definition) is 6. The Labute approximate surface area is 179 Å². The second-order valence-corrected chi connectivity index (χ2v) is 9.09.